The lowest BCUT2D eigenvalue weighted by molar-refractivity contribution is 0.203. The summed E-state index contributed by atoms with van der Waals surface area (Å²) in [5, 5.41) is 7.40. The largest absolute Gasteiger partial charge is 0.322 e. The fourth-order valence-electron chi connectivity index (χ4n) is 2.76. The van der Waals surface area contributed by atoms with Crippen molar-refractivity contribution in [2.75, 3.05) is 18.4 Å². The Morgan fingerprint density at radius 3 is 2.52 bits per heavy atom. The van der Waals surface area contributed by atoms with Crippen molar-refractivity contribution in [3.8, 4) is 0 Å². The number of benzene rings is 1. The molecule has 21 heavy (non-hydrogen) atoms. The molecule has 0 aromatic heterocycles. The Bertz CT molecular complexity index is 507. The summed E-state index contributed by atoms with van der Waals surface area (Å²) in [4.78, 5) is 14.4. The topological polar surface area (TPSA) is 44.4 Å². The Morgan fingerprint density at radius 2 is 1.95 bits per heavy atom. The average molecular weight is 328 g/mol. The summed E-state index contributed by atoms with van der Waals surface area (Å²) in [5.41, 5.74) is 0.641. The summed E-state index contributed by atoms with van der Waals surface area (Å²) in [6.45, 7) is 1.82. The van der Waals surface area contributed by atoms with Gasteiger partial charge in [-0.15, -0.1) is 0 Å². The molecule has 3 rings (SSSR count). The lowest BCUT2D eigenvalue weighted by atomic mass is 10.2. The lowest BCUT2D eigenvalue weighted by Gasteiger charge is -2.26. The van der Waals surface area contributed by atoms with E-state index in [1.807, 2.05) is 4.90 Å². The van der Waals surface area contributed by atoms with Crippen molar-refractivity contribution in [3.05, 3.63) is 28.2 Å². The van der Waals surface area contributed by atoms with Gasteiger partial charge < -0.3 is 15.5 Å². The number of urea groups is 1. The molecule has 1 atom stereocenters. The Labute approximate surface area is 134 Å². The fraction of sp³-hybridized carbons (Fsp3) is 0.533. The Hall–Kier alpha value is -0.970. The zero-order valence-electron chi connectivity index (χ0n) is 11.7. The number of nitrogens with one attached hydrogen (secondary N) is 2. The summed E-state index contributed by atoms with van der Waals surface area (Å²) < 4.78 is 0. The molecular weight excluding hydrogens is 309 g/mol. The van der Waals surface area contributed by atoms with E-state index in [0.717, 1.165) is 32.4 Å². The van der Waals surface area contributed by atoms with Gasteiger partial charge in [-0.1, -0.05) is 23.2 Å². The number of nitrogens with zero attached hydrogens (tertiary/aromatic N) is 1. The third-order valence-corrected chi connectivity index (χ3v) is 4.38. The van der Waals surface area contributed by atoms with Gasteiger partial charge in [0, 0.05) is 34.4 Å². The highest BCUT2D eigenvalue weighted by molar-refractivity contribution is 6.35. The summed E-state index contributed by atoms with van der Waals surface area (Å²) in [7, 11) is 0. The number of hydrogen-bond acceptors (Lipinski definition) is 2. The maximum atomic E-state index is 12.5. The van der Waals surface area contributed by atoms with Gasteiger partial charge in [-0.05, 0) is 50.4 Å². The van der Waals surface area contributed by atoms with Gasteiger partial charge in [0.1, 0.15) is 0 Å². The van der Waals surface area contributed by atoms with Crippen LogP contribution in [0.3, 0.4) is 0 Å². The van der Waals surface area contributed by atoms with Crippen molar-refractivity contribution in [1.29, 1.82) is 0 Å². The van der Waals surface area contributed by atoms with Gasteiger partial charge in [0.05, 0.1) is 0 Å². The number of carbonyl (C=O) groups excluding carboxylic acids is 1. The maximum Gasteiger partial charge on any atom is 0.322 e. The average Bonchev–Trinajstić information content (AvgIpc) is 3.11. The number of carbonyl (C=O) groups is 1. The second-order valence-electron chi connectivity index (χ2n) is 5.77. The molecule has 2 N–H and O–H groups in total. The summed E-state index contributed by atoms with van der Waals surface area (Å²) in [6, 6.07) is 5.81. The molecule has 114 valence electrons. The number of amides is 2. The van der Waals surface area contributed by atoms with E-state index in [1.165, 1.54) is 6.42 Å². The van der Waals surface area contributed by atoms with Gasteiger partial charge in [0.15, 0.2) is 0 Å². The molecule has 2 fully saturated rings. The van der Waals surface area contributed by atoms with E-state index in [0.29, 0.717) is 27.8 Å². The maximum absolute atomic E-state index is 12.5. The minimum absolute atomic E-state index is 0.0652. The van der Waals surface area contributed by atoms with Crippen LogP contribution in [-0.2, 0) is 0 Å². The summed E-state index contributed by atoms with van der Waals surface area (Å²) >= 11 is 11.9. The molecule has 0 spiro atoms. The Morgan fingerprint density at radius 1 is 1.24 bits per heavy atom. The first-order valence-corrected chi connectivity index (χ1v) is 8.14. The van der Waals surface area contributed by atoms with Crippen LogP contribution in [-0.4, -0.2) is 36.1 Å². The zero-order valence-corrected chi connectivity index (χ0v) is 13.3. The molecule has 1 saturated heterocycles. The number of hydrogen-bond donors (Lipinski definition) is 2. The molecule has 1 aromatic rings. The van der Waals surface area contributed by atoms with Crippen molar-refractivity contribution in [3.63, 3.8) is 0 Å². The first-order valence-electron chi connectivity index (χ1n) is 7.39. The molecule has 2 aliphatic rings. The highest BCUT2D eigenvalue weighted by atomic mass is 35.5. The van der Waals surface area contributed by atoms with Crippen molar-refractivity contribution in [1.82, 2.24) is 10.2 Å². The second kappa shape index (κ2) is 6.42. The van der Waals surface area contributed by atoms with E-state index < -0.39 is 0 Å². The SMILES string of the molecule is O=C(Nc1cc(Cl)cc(Cl)c1)N(CC1CCCN1)C1CC1. The predicted octanol–water partition coefficient (Wildman–Crippen LogP) is 3.74. The molecule has 1 unspecified atom stereocenters. The molecule has 4 nitrogen and oxygen atoms in total. The van der Waals surface area contributed by atoms with Gasteiger partial charge in [0.25, 0.3) is 0 Å². The van der Waals surface area contributed by atoms with Crippen LogP contribution in [0, 0.1) is 0 Å². The van der Waals surface area contributed by atoms with Crippen LogP contribution < -0.4 is 10.6 Å². The van der Waals surface area contributed by atoms with Gasteiger partial charge in [-0.2, -0.15) is 0 Å². The molecule has 2 amide bonds. The van der Waals surface area contributed by atoms with E-state index in [-0.39, 0.29) is 6.03 Å². The molecule has 1 heterocycles. The number of anilines is 1. The molecule has 1 aliphatic carbocycles. The van der Waals surface area contributed by atoms with Gasteiger partial charge in [0.2, 0.25) is 0 Å². The molecule has 6 heteroatoms. The van der Waals surface area contributed by atoms with Crippen LogP contribution in [0.1, 0.15) is 25.7 Å². The third kappa shape index (κ3) is 4.02. The standard InChI is InChI=1S/C15H19Cl2N3O/c16-10-6-11(17)8-13(7-10)19-15(21)20(14-3-4-14)9-12-2-1-5-18-12/h6-8,12,14,18H,1-5,9H2,(H,19,21). The highest BCUT2D eigenvalue weighted by Crippen LogP contribution is 2.29. The number of rotatable bonds is 4. The lowest BCUT2D eigenvalue weighted by Crippen LogP contribution is -2.44. The first-order chi connectivity index (χ1) is 10.1. The Kier molecular flexibility index (Phi) is 4.57. The van der Waals surface area contributed by atoms with E-state index in [4.69, 9.17) is 23.2 Å². The van der Waals surface area contributed by atoms with Crippen LogP contribution in [0.15, 0.2) is 18.2 Å². The van der Waals surface area contributed by atoms with Gasteiger partial charge in [-0.25, -0.2) is 4.79 Å². The first kappa shape index (κ1) is 14.9. The minimum Gasteiger partial charge on any atom is -0.320 e. The molecule has 0 bridgehead atoms. The van der Waals surface area contributed by atoms with Crippen molar-refractivity contribution >= 4 is 34.9 Å². The quantitative estimate of drug-likeness (QED) is 0.884. The van der Waals surface area contributed by atoms with Crippen LogP contribution in [0.2, 0.25) is 10.0 Å². The van der Waals surface area contributed by atoms with E-state index in [2.05, 4.69) is 10.6 Å². The highest BCUT2D eigenvalue weighted by Gasteiger charge is 2.34. The molecule has 1 aromatic carbocycles. The molecular formula is C15H19Cl2N3O. The Balaban J connectivity index is 1.65. The van der Waals surface area contributed by atoms with E-state index >= 15 is 0 Å². The predicted molar refractivity (Wildman–Crippen MR) is 86.2 cm³/mol. The summed E-state index contributed by atoms with van der Waals surface area (Å²) in [5.74, 6) is 0. The third-order valence-electron chi connectivity index (χ3n) is 3.94. The van der Waals surface area contributed by atoms with Crippen molar-refractivity contribution in [2.24, 2.45) is 0 Å². The fourth-order valence-corrected chi connectivity index (χ4v) is 3.28. The van der Waals surface area contributed by atoms with Gasteiger partial charge in [-0.3, -0.25) is 0 Å². The normalized spacial score (nSPS) is 21.3. The van der Waals surface area contributed by atoms with Crippen LogP contribution in [0.4, 0.5) is 10.5 Å². The van der Waals surface area contributed by atoms with Gasteiger partial charge >= 0.3 is 6.03 Å². The van der Waals surface area contributed by atoms with Crippen LogP contribution in [0.25, 0.3) is 0 Å². The molecule has 0 radical (unpaired) electrons. The monoisotopic (exact) mass is 327 g/mol. The number of halogens is 2. The zero-order chi connectivity index (χ0) is 14.8. The van der Waals surface area contributed by atoms with Crippen LogP contribution in [0.5, 0.6) is 0 Å². The second-order valence-corrected chi connectivity index (χ2v) is 6.64. The van der Waals surface area contributed by atoms with Crippen molar-refractivity contribution in [2.45, 2.75) is 37.8 Å². The minimum atomic E-state index is -0.0652. The molecule has 1 saturated carbocycles. The van der Waals surface area contributed by atoms with Crippen molar-refractivity contribution < 1.29 is 4.79 Å². The van der Waals surface area contributed by atoms with E-state index in [1.54, 1.807) is 18.2 Å². The summed E-state index contributed by atoms with van der Waals surface area (Å²) in [6.07, 6.45) is 4.51. The van der Waals surface area contributed by atoms with Crippen LogP contribution >= 0.6 is 23.2 Å². The molecule has 1 aliphatic heterocycles. The smallest absolute Gasteiger partial charge is 0.320 e. The van der Waals surface area contributed by atoms with E-state index in [9.17, 15) is 4.79 Å².